The summed E-state index contributed by atoms with van der Waals surface area (Å²) in [6, 6.07) is 8.08. The molecule has 2 fully saturated rings. The second-order valence-electron chi connectivity index (χ2n) is 5.83. The Labute approximate surface area is 130 Å². The molecule has 0 aromatic heterocycles. The van der Waals surface area contributed by atoms with Crippen LogP contribution in [0.4, 0.5) is 0 Å². The summed E-state index contributed by atoms with van der Waals surface area (Å²) in [6.07, 6.45) is 4.25. The van der Waals surface area contributed by atoms with E-state index in [1.807, 2.05) is 24.3 Å². The van der Waals surface area contributed by atoms with Gasteiger partial charge < -0.3 is 14.8 Å². The Kier molecular flexibility index (Phi) is 4.75. The fourth-order valence-corrected chi connectivity index (χ4v) is 2.92. The molecule has 2 bridgehead atoms. The molecule has 1 amide bonds. The molecule has 0 saturated carbocycles. The van der Waals surface area contributed by atoms with Gasteiger partial charge >= 0.3 is 0 Å². The molecular formula is C17H22N2O3. The molecule has 5 heteroatoms. The summed E-state index contributed by atoms with van der Waals surface area (Å²) in [6.45, 7) is 3.58. The molecule has 0 spiro atoms. The van der Waals surface area contributed by atoms with Gasteiger partial charge in [0.05, 0.1) is 32.3 Å². The monoisotopic (exact) mass is 302 g/mol. The molecule has 2 heterocycles. The molecule has 3 rings (SSSR count). The molecule has 118 valence electrons. The van der Waals surface area contributed by atoms with Crippen LogP contribution in [0.3, 0.4) is 0 Å². The first-order valence-corrected chi connectivity index (χ1v) is 7.65. The Morgan fingerprint density at radius 2 is 2.14 bits per heavy atom. The average molecular weight is 302 g/mol. The number of methoxy groups -OCH3 is 1. The first-order valence-electron chi connectivity index (χ1n) is 7.65. The summed E-state index contributed by atoms with van der Waals surface area (Å²) in [4.78, 5) is 14.3. The van der Waals surface area contributed by atoms with Crippen LogP contribution in [0, 0.1) is 5.92 Å². The molecule has 0 aliphatic carbocycles. The molecule has 1 aromatic carbocycles. The minimum absolute atomic E-state index is 0.0538. The van der Waals surface area contributed by atoms with E-state index < -0.39 is 0 Å². The van der Waals surface area contributed by atoms with E-state index in [0.29, 0.717) is 13.2 Å². The van der Waals surface area contributed by atoms with Gasteiger partial charge in [0, 0.05) is 19.6 Å². The number of ether oxygens (including phenoxy) is 2. The van der Waals surface area contributed by atoms with Gasteiger partial charge in [0.15, 0.2) is 0 Å². The van der Waals surface area contributed by atoms with Gasteiger partial charge in [0.25, 0.3) is 0 Å². The Balaban J connectivity index is 1.58. The number of rotatable bonds is 4. The van der Waals surface area contributed by atoms with Crippen LogP contribution >= 0.6 is 0 Å². The third kappa shape index (κ3) is 3.67. The van der Waals surface area contributed by atoms with Gasteiger partial charge in [-0.15, -0.1) is 0 Å². The first-order chi connectivity index (χ1) is 10.7. The highest BCUT2D eigenvalue weighted by Crippen LogP contribution is 2.15. The lowest BCUT2D eigenvalue weighted by atomic mass is 10.1. The highest BCUT2D eigenvalue weighted by atomic mass is 16.5. The van der Waals surface area contributed by atoms with Gasteiger partial charge in [-0.3, -0.25) is 9.69 Å². The number of amides is 1. The second-order valence-corrected chi connectivity index (χ2v) is 5.83. The van der Waals surface area contributed by atoms with E-state index in [-0.39, 0.29) is 17.9 Å². The molecule has 5 nitrogen and oxygen atoms in total. The van der Waals surface area contributed by atoms with Crippen LogP contribution in [0.1, 0.15) is 5.56 Å². The molecule has 1 aromatic rings. The molecule has 2 saturated heterocycles. The van der Waals surface area contributed by atoms with Crippen molar-refractivity contribution in [3.8, 4) is 5.75 Å². The number of carbonyl (C=O) groups excluding carboxylic acids is 1. The van der Waals surface area contributed by atoms with Crippen molar-refractivity contribution in [2.24, 2.45) is 5.92 Å². The number of carbonyl (C=O) groups is 1. The Morgan fingerprint density at radius 1 is 1.32 bits per heavy atom. The number of hydrogen-bond donors (Lipinski definition) is 1. The predicted molar refractivity (Wildman–Crippen MR) is 84.7 cm³/mol. The largest absolute Gasteiger partial charge is 0.497 e. The van der Waals surface area contributed by atoms with E-state index in [1.54, 1.807) is 7.11 Å². The van der Waals surface area contributed by atoms with E-state index in [9.17, 15) is 4.79 Å². The van der Waals surface area contributed by atoms with Crippen LogP contribution in [-0.4, -0.2) is 56.8 Å². The number of nitrogens with one attached hydrogen (secondary N) is 1. The molecule has 2 aliphatic rings. The zero-order chi connectivity index (χ0) is 15.4. The van der Waals surface area contributed by atoms with E-state index in [1.165, 1.54) is 0 Å². The van der Waals surface area contributed by atoms with Gasteiger partial charge in [-0.25, -0.2) is 0 Å². The minimum atomic E-state index is -0.0538. The molecular weight excluding hydrogens is 280 g/mol. The van der Waals surface area contributed by atoms with Gasteiger partial charge in [0.1, 0.15) is 5.75 Å². The van der Waals surface area contributed by atoms with Gasteiger partial charge in [-0.1, -0.05) is 24.3 Å². The van der Waals surface area contributed by atoms with Crippen molar-refractivity contribution in [3.05, 3.63) is 35.9 Å². The zero-order valence-electron chi connectivity index (χ0n) is 12.8. The van der Waals surface area contributed by atoms with Gasteiger partial charge in [-0.05, 0) is 17.7 Å². The summed E-state index contributed by atoms with van der Waals surface area (Å²) < 4.78 is 10.7. The fourth-order valence-electron chi connectivity index (χ4n) is 2.92. The Bertz CT molecular complexity index is 541. The number of nitrogens with zero attached hydrogens (tertiary/aromatic N) is 1. The SMILES string of the molecule is COc1ccc(/C=C/CN2C[C@H]3COC[C@@H](C2)C(=O)N3)cc1. The van der Waals surface area contributed by atoms with E-state index in [2.05, 4.69) is 22.4 Å². The standard InChI is InChI=1S/C17H22N2O3/c1-21-16-6-4-13(5-7-16)3-2-8-19-9-14-11-22-12-15(10-19)18-17(14)20/h2-7,14-15H,8-12H2,1H3,(H,18,20)/b3-2+/t14-,15+/m1/s1. The lowest BCUT2D eigenvalue weighted by Crippen LogP contribution is -2.42. The predicted octanol–water partition coefficient (Wildman–Crippen LogP) is 1.16. The van der Waals surface area contributed by atoms with Crippen LogP contribution in [0.5, 0.6) is 5.75 Å². The zero-order valence-corrected chi connectivity index (χ0v) is 12.8. The number of fused-ring (bicyclic) bond motifs is 3. The van der Waals surface area contributed by atoms with Gasteiger partial charge in [0.2, 0.25) is 5.91 Å². The molecule has 0 unspecified atom stereocenters. The first kappa shape index (κ1) is 15.1. The van der Waals surface area contributed by atoms with Crippen molar-refractivity contribution in [1.82, 2.24) is 10.2 Å². The van der Waals surface area contributed by atoms with E-state index >= 15 is 0 Å². The summed E-state index contributed by atoms with van der Waals surface area (Å²) in [5, 5.41) is 3.05. The molecule has 0 radical (unpaired) electrons. The molecule has 2 atom stereocenters. The average Bonchev–Trinajstić information content (AvgIpc) is 2.77. The van der Waals surface area contributed by atoms with E-state index in [0.717, 1.165) is 30.9 Å². The third-order valence-electron chi connectivity index (χ3n) is 4.10. The summed E-state index contributed by atoms with van der Waals surface area (Å²) in [5.74, 6) is 0.938. The smallest absolute Gasteiger partial charge is 0.227 e. The van der Waals surface area contributed by atoms with Crippen molar-refractivity contribution in [1.29, 1.82) is 0 Å². The van der Waals surface area contributed by atoms with Crippen molar-refractivity contribution in [3.63, 3.8) is 0 Å². The Hall–Kier alpha value is -1.85. The fraction of sp³-hybridized carbons (Fsp3) is 0.471. The lowest BCUT2D eigenvalue weighted by Gasteiger charge is -2.26. The normalized spacial score (nSPS) is 25.8. The maximum Gasteiger partial charge on any atom is 0.227 e. The summed E-state index contributed by atoms with van der Waals surface area (Å²) in [7, 11) is 1.67. The van der Waals surface area contributed by atoms with Crippen LogP contribution in [-0.2, 0) is 9.53 Å². The van der Waals surface area contributed by atoms with Crippen LogP contribution in [0.25, 0.3) is 6.08 Å². The van der Waals surface area contributed by atoms with Crippen molar-refractivity contribution in [2.45, 2.75) is 6.04 Å². The highest BCUT2D eigenvalue weighted by Gasteiger charge is 2.32. The molecule has 22 heavy (non-hydrogen) atoms. The highest BCUT2D eigenvalue weighted by molar-refractivity contribution is 5.80. The quantitative estimate of drug-likeness (QED) is 0.907. The number of benzene rings is 1. The summed E-state index contributed by atoms with van der Waals surface area (Å²) >= 11 is 0. The number of hydrogen-bond acceptors (Lipinski definition) is 4. The van der Waals surface area contributed by atoms with Gasteiger partial charge in [-0.2, -0.15) is 0 Å². The molecule has 1 N–H and O–H groups in total. The lowest BCUT2D eigenvalue weighted by molar-refractivity contribution is -0.125. The topological polar surface area (TPSA) is 50.8 Å². The molecule has 2 aliphatic heterocycles. The third-order valence-corrected chi connectivity index (χ3v) is 4.10. The van der Waals surface area contributed by atoms with Crippen LogP contribution < -0.4 is 10.1 Å². The summed E-state index contributed by atoms with van der Waals surface area (Å²) in [5.41, 5.74) is 1.15. The van der Waals surface area contributed by atoms with Crippen LogP contribution in [0.2, 0.25) is 0 Å². The Morgan fingerprint density at radius 3 is 2.91 bits per heavy atom. The van der Waals surface area contributed by atoms with Crippen molar-refractivity contribution >= 4 is 12.0 Å². The maximum absolute atomic E-state index is 11.9. The van der Waals surface area contributed by atoms with Crippen LogP contribution in [0.15, 0.2) is 30.3 Å². The second kappa shape index (κ2) is 6.94. The minimum Gasteiger partial charge on any atom is -0.497 e. The van der Waals surface area contributed by atoms with Crippen molar-refractivity contribution in [2.75, 3.05) is 40.0 Å². The maximum atomic E-state index is 11.9. The van der Waals surface area contributed by atoms with Crippen molar-refractivity contribution < 1.29 is 14.3 Å². The van der Waals surface area contributed by atoms with E-state index in [4.69, 9.17) is 9.47 Å².